The molecule has 1 aliphatic carbocycles. The lowest BCUT2D eigenvalue weighted by Gasteiger charge is -2.29. The highest BCUT2D eigenvalue weighted by molar-refractivity contribution is 6.32. The van der Waals surface area contributed by atoms with Crippen LogP contribution in [0.2, 0.25) is 5.02 Å². The molecule has 2 fully saturated rings. The van der Waals surface area contributed by atoms with Crippen molar-refractivity contribution in [1.82, 2.24) is 15.6 Å². The maximum Gasteiger partial charge on any atom is 0.191 e. The number of aliphatic imine (C=N–C) groups is 1. The Morgan fingerprint density at radius 3 is 2.86 bits per heavy atom. The lowest BCUT2D eigenvalue weighted by molar-refractivity contribution is 0.378. The smallest absolute Gasteiger partial charge is 0.191 e. The fraction of sp³-hybridized carbons (Fsp3) is 0.625. The van der Waals surface area contributed by atoms with Crippen molar-refractivity contribution in [1.29, 1.82) is 0 Å². The Bertz CT molecular complexity index is 529. The molecular weight excluding hydrogens is 298 g/mol. The van der Waals surface area contributed by atoms with Crippen molar-refractivity contribution in [3.05, 3.63) is 23.4 Å². The van der Waals surface area contributed by atoms with Crippen LogP contribution < -0.4 is 15.5 Å². The molecule has 0 amide bonds. The van der Waals surface area contributed by atoms with Crippen molar-refractivity contribution < 1.29 is 0 Å². The Kier molecular flexibility index (Phi) is 5.03. The van der Waals surface area contributed by atoms with Gasteiger partial charge in [0.05, 0.1) is 5.02 Å². The highest BCUT2D eigenvalue weighted by atomic mass is 35.5. The summed E-state index contributed by atoms with van der Waals surface area (Å²) in [7, 11) is 0. The molecule has 1 atom stereocenters. The van der Waals surface area contributed by atoms with Gasteiger partial charge in [-0.3, -0.25) is 4.99 Å². The van der Waals surface area contributed by atoms with Crippen molar-refractivity contribution in [2.45, 2.75) is 44.7 Å². The van der Waals surface area contributed by atoms with Gasteiger partial charge in [0.1, 0.15) is 5.82 Å². The molecule has 6 heteroatoms. The number of aromatic nitrogens is 1. The van der Waals surface area contributed by atoms with Crippen molar-refractivity contribution in [2.75, 3.05) is 24.5 Å². The SMILES string of the molecule is CCN=C(NC1CCC1)NC1CCN(c2ncccc2Cl)C1. The van der Waals surface area contributed by atoms with Gasteiger partial charge in [-0.1, -0.05) is 11.6 Å². The highest BCUT2D eigenvalue weighted by Gasteiger charge is 2.26. The molecule has 22 heavy (non-hydrogen) atoms. The van der Waals surface area contributed by atoms with E-state index in [9.17, 15) is 0 Å². The van der Waals surface area contributed by atoms with Gasteiger partial charge < -0.3 is 15.5 Å². The molecule has 2 N–H and O–H groups in total. The molecule has 1 aliphatic heterocycles. The molecule has 3 rings (SSSR count). The van der Waals surface area contributed by atoms with Crippen molar-refractivity contribution in [3.63, 3.8) is 0 Å². The third-order valence-corrected chi connectivity index (χ3v) is 4.62. The maximum absolute atomic E-state index is 6.24. The van der Waals surface area contributed by atoms with Crippen LogP contribution in [0, 0.1) is 0 Å². The Morgan fingerprint density at radius 1 is 1.36 bits per heavy atom. The standard InChI is InChI=1S/C16H24ClN5/c1-2-18-16(20-12-5-3-6-12)21-13-8-10-22(11-13)15-14(17)7-4-9-19-15/h4,7,9,12-13H,2-3,5-6,8,10-11H2,1H3,(H2,18,20,21). The summed E-state index contributed by atoms with van der Waals surface area (Å²) >= 11 is 6.24. The summed E-state index contributed by atoms with van der Waals surface area (Å²) < 4.78 is 0. The van der Waals surface area contributed by atoms with E-state index in [1.807, 2.05) is 12.1 Å². The lowest BCUT2D eigenvalue weighted by Crippen LogP contribution is -2.50. The quantitative estimate of drug-likeness (QED) is 0.660. The van der Waals surface area contributed by atoms with Gasteiger partial charge in [0.2, 0.25) is 0 Å². The van der Waals surface area contributed by atoms with Gasteiger partial charge in [-0.2, -0.15) is 0 Å². The number of anilines is 1. The molecule has 1 aromatic rings. The topological polar surface area (TPSA) is 52.6 Å². The number of hydrogen-bond donors (Lipinski definition) is 2. The summed E-state index contributed by atoms with van der Waals surface area (Å²) in [5.41, 5.74) is 0. The zero-order chi connectivity index (χ0) is 15.4. The first kappa shape index (κ1) is 15.4. The number of rotatable bonds is 4. The van der Waals surface area contributed by atoms with E-state index < -0.39 is 0 Å². The second-order valence-electron chi connectivity index (χ2n) is 5.98. The summed E-state index contributed by atoms with van der Waals surface area (Å²) in [6.07, 6.45) is 6.70. The van der Waals surface area contributed by atoms with Crippen molar-refractivity contribution in [2.24, 2.45) is 4.99 Å². The van der Waals surface area contributed by atoms with E-state index in [0.717, 1.165) is 42.9 Å². The first-order chi connectivity index (χ1) is 10.8. The minimum Gasteiger partial charge on any atom is -0.354 e. The summed E-state index contributed by atoms with van der Waals surface area (Å²) in [6, 6.07) is 4.75. The number of hydrogen-bond acceptors (Lipinski definition) is 3. The fourth-order valence-electron chi connectivity index (χ4n) is 2.91. The summed E-state index contributed by atoms with van der Waals surface area (Å²) in [5, 5.41) is 7.81. The molecule has 1 unspecified atom stereocenters. The van der Waals surface area contributed by atoms with Gasteiger partial charge >= 0.3 is 0 Å². The number of guanidine groups is 1. The molecular formula is C16H24ClN5. The largest absolute Gasteiger partial charge is 0.354 e. The minimum absolute atomic E-state index is 0.385. The number of halogens is 1. The predicted octanol–water partition coefficient (Wildman–Crippen LogP) is 2.42. The molecule has 2 heterocycles. The minimum atomic E-state index is 0.385. The monoisotopic (exact) mass is 321 g/mol. The first-order valence-electron chi connectivity index (χ1n) is 8.19. The Labute approximate surface area is 137 Å². The van der Waals surface area contributed by atoms with Crippen LogP contribution in [0.25, 0.3) is 0 Å². The van der Waals surface area contributed by atoms with Crippen LogP contribution in [0.5, 0.6) is 0 Å². The first-order valence-corrected chi connectivity index (χ1v) is 8.57. The van der Waals surface area contributed by atoms with Gasteiger partial charge in [0.15, 0.2) is 5.96 Å². The van der Waals surface area contributed by atoms with Crippen LogP contribution in [0.1, 0.15) is 32.6 Å². The van der Waals surface area contributed by atoms with E-state index in [4.69, 9.17) is 11.6 Å². The third-order valence-electron chi connectivity index (χ3n) is 4.33. The second kappa shape index (κ2) is 7.18. The van der Waals surface area contributed by atoms with Crippen LogP contribution >= 0.6 is 11.6 Å². The molecule has 2 aliphatic rings. The van der Waals surface area contributed by atoms with Gasteiger partial charge in [-0.15, -0.1) is 0 Å². The van der Waals surface area contributed by atoms with Gasteiger partial charge in [-0.25, -0.2) is 4.98 Å². The Morgan fingerprint density at radius 2 is 2.18 bits per heavy atom. The molecule has 0 radical (unpaired) electrons. The van der Waals surface area contributed by atoms with Gasteiger partial charge in [0, 0.05) is 37.9 Å². The molecule has 5 nitrogen and oxygen atoms in total. The van der Waals surface area contributed by atoms with Crippen LogP contribution in [0.15, 0.2) is 23.3 Å². The zero-order valence-corrected chi connectivity index (χ0v) is 13.8. The molecule has 0 bridgehead atoms. The van der Waals surface area contributed by atoms with Gasteiger partial charge in [0.25, 0.3) is 0 Å². The number of nitrogens with one attached hydrogen (secondary N) is 2. The molecule has 1 aromatic heterocycles. The van der Waals surface area contributed by atoms with E-state index in [-0.39, 0.29) is 0 Å². The number of nitrogens with zero attached hydrogens (tertiary/aromatic N) is 3. The average Bonchev–Trinajstić information content (AvgIpc) is 2.92. The summed E-state index contributed by atoms with van der Waals surface area (Å²) in [4.78, 5) is 11.2. The number of pyridine rings is 1. The van der Waals surface area contributed by atoms with Crippen LogP contribution in [0.3, 0.4) is 0 Å². The van der Waals surface area contributed by atoms with Crippen LogP contribution in [-0.4, -0.2) is 42.7 Å². The Hall–Kier alpha value is -1.49. The van der Waals surface area contributed by atoms with E-state index >= 15 is 0 Å². The van der Waals surface area contributed by atoms with Crippen LogP contribution in [-0.2, 0) is 0 Å². The second-order valence-corrected chi connectivity index (χ2v) is 6.39. The normalized spacial score (nSPS) is 22.5. The summed E-state index contributed by atoms with van der Waals surface area (Å²) in [5.74, 6) is 1.83. The molecule has 1 saturated carbocycles. The van der Waals surface area contributed by atoms with Crippen molar-refractivity contribution in [3.8, 4) is 0 Å². The average molecular weight is 322 g/mol. The van der Waals surface area contributed by atoms with Gasteiger partial charge in [-0.05, 0) is 44.7 Å². The zero-order valence-electron chi connectivity index (χ0n) is 13.1. The van der Waals surface area contributed by atoms with Crippen molar-refractivity contribution >= 4 is 23.4 Å². The molecule has 0 aromatic carbocycles. The van der Waals surface area contributed by atoms with E-state index in [1.54, 1.807) is 6.20 Å². The molecule has 1 saturated heterocycles. The predicted molar refractivity (Wildman–Crippen MR) is 91.8 cm³/mol. The summed E-state index contributed by atoms with van der Waals surface area (Å²) in [6.45, 7) is 4.74. The molecule has 0 spiro atoms. The fourth-order valence-corrected chi connectivity index (χ4v) is 3.15. The van der Waals surface area contributed by atoms with E-state index in [0.29, 0.717) is 12.1 Å². The van der Waals surface area contributed by atoms with E-state index in [1.165, 1.54) is 19.3 Å². The molecule has 120 valence electrons. The van der Waals surface area contributed by atoms with Crippen LogP contribution in [0.4, 0.5) is 5.82 Å². The lowest BCUT2D eigenvalue weighted by atomic mass is 9.93. The third kappa shape index (κ3) is 3.64. The maximum atomic E-state index is 6.24. The Balaban J connectivity index is 1.57. The highest BCUT2D eigenvalue weighted by Crippen LogP contribution is 2.25. The van der Waals surface area contributed by atoms with E-state index in [2.05, 4.69) is 32.4 Å².